The highest BCUT2D eigenvalue weighted by molar-refractivity contribution is 14.1. The van der Waals surface area contributed by atoms with Crippen molar-refractivity contribution in [3.63, 3.8) is 0 Å². The van der Waals surface area contributed by atoms with Crippen LogP contribution in [0.15, 0.2) is 29.2 Å². The van der Waals surface area contributed by atoms with Crippen LogP contribution in [0.2, 0.25) is 0 Å². The number of benzene rings is 1. The van der Waals surface area contributed by atoms with E-state index in [-0.39, 0.29) is 17.3 Å². The molecule has 1 unspecified atom stereocenters. The number of nitrogens with one attached hydrogen (secondary N) is 2. The van der Waals surface area contributed by atoms with E-state index in [1.165, 1.54) is 38.3 Å². The number of halogens is 1. The van der Waals surface area contributed by atoms with E-state index in [4.69, 9.17) is 0 Å². The van der Waals surface area contributed by atoms with Crippen LogP contribution in [0.5, 0.6) is 0 Å². The number of methoxy groups -OCH3 is 1. The van der Waals surface area contributed by atoms with Gasteiger partial charge in [-0.25, -0.2) is 13.1 Å². The number of hydrogen-bond acceptors (Lipinski definition) is 5. The number of anilines is 1. The molecule has 0 heterocycles. The Hall–Kier alpha value is -1.20. The van der Waals surface area contributed by atoms with E-state index in [2.05, 4.69) is 14.8 Å². The van der Waals surface area contributed by atoms with Crippen molar-refractivity contribution in [2.45, 2.75) is 15.7 Å². The van der Waals surface area contributed by atoms with Crippen molar-refractivity contribution in [1.82, 2.24) is 4.72 Å². The van der Waals surface area contributed by atoms with Gasteiger partial charge in [0.1, 0.15) is 3.92 Å². The Kier molecular flexibility index (Phi) is 6.55. The van der Waals surface area contributed by atoms with Gasteiger partial charge in [-0.3, -0.25) is 9.59 Å². The van der Waals surface area contributed by atoms with Crippen LogP contribution in [0.25, 0.3) is 0 Å². The molecule has 9 heteroatoms. The normalized spacial score (nSPS) is 12.5. The van der Waals surface area contributed by atoms with Crippen molar-refractivity contribution in [2.75, 3.05) is 19.0 Å². The van der Waals surface area contributed by atoms with Gasteiger partial charge in [0.15, 0.2) is 0 Å². The van der Waals surface area contributed by atoms with E-state index in [0.29, 0.717) is 5.69 Å². The summed E-state index contributed by atoms with van der Waals surface area (Å²) in [6, 6.07) is 5.71. The van der Waals surface area contributed by atoms with Gasteiger partial charge < -0.3 is 10.1 Å². The number of ether oxygens (including phenoxy) is 1. The number of carbonyl (C=O) groups excluding carboxylic acids is 2. The highest BCUT2D eigenvalue weighted by atomic mass is 127. The van der Waals surface area contributed by atoms with Gasteiger partial charge >= 0.3 is 5.97 Å². The molecule has 0 radical (unpaired) electrons. The molecule has 0 aliphatic carbocycles. The second-order valence-corrected chi connectivity index (χ2v) is 7.32. The molecule has 0 aliphatic heterocycles. The summed E-state index contributed by atoms with van der Waals surface area (Å²) in [5.74, 6) is -0.742. The van der Waals surface area contributed by atoms with Gasteiger partial charge in [-0.05, 0) is 24.3 Å². The summed E-state index contributed by atoms with van der Waals surface area (Å²) >= 11 is 1.80. The summed E-state index contributed by atoms with van der Waals surface area (Å²) in [5.41, 5.74) is 0.503. The zero-order valence-electron chi connectivity index (χ0n) is 11.4. The van der Waals surface area contributed by atoms with Gasteiger partial charge in [-0.1, -0.05) is 22.6 Å². The fourth-order valence-electron chi connectivity index (χ4n) is 1.40. The first kappa shape index (κ1) is 17.9. The molecule has 1 rings (SSSR count). The first-order chi connectivity index (χ1) is 9.76. The number of carbonyl (C=O) groups is 2. The van der Waals surface area contributed by atoms with E-state index in [1.54, 1.807) is 22.6 Å². The monoisotopic (exact) mass is 426 g/mol. The highest BCUT2D eigenvalue weighted by Gasteiger charge is 2.20. The fraction of sp³-hybridized carbons (Fsp3) is 0.333. The molecule has 7 nitrogen and oxygen atoms in total. The largest absolute Gasteiger partial charge is 0.468 e. The predicted molar refractivity (Wildman–Crippen MR) is 85.8 cm³/mol. The zero-order chi connectivity index (χ0) is 16.0. The summed E-state index contributed by atoms with van der Waals surface area (Å²) in [5, 5.41) is 2.54. The Morgan fingerprint density at radius 3 is 2.33 bits per heavy atom. The average molecular weight is 426 g/mol. The maximum atomic E-state index is 12.0. The first-order valence-corrected chi connectivity index (χ1v) is 8.58. The van der Waals surface area contributed by atoms with Crippen molar-refractivity contribution in [2.24, 2.45) is 0 Å². The smallest absolute Gasteiger partial charge is 0.319 e. The molecule has 0 aromatic heterocycles. The second-order valence-electron chi connectivity index (χ2n) is 4.05. The summed E-state index contributed by atoms with van der Waals surface area (Å²) < 4.78 is 30.3. The molecule has 0 bridgehead atoms. The molecule has 1 aromatic carbocycles. The highest BCUT2D eigenvalue weighted by Crippen LogP contribution is 2.14. The number of hydrogen-bond donors (Lipinski definition) is 2. The third-order valence-electron chi connectivity index (χ3n) is 2.39. The van der Waals surface area contributed by atoms with Gasteiger partial charge in [-0.15, -0.1) is 0 Å². The second kappa shape index (κ2) is 7.71. The number of esters is 1. The van der Waals surface area contributed by atoms with E-state index < -0.39 is 19.9 Å². The topological polar surface area (TPSA) is 102 Å². The minimum absolute atomic E-state index is 0.0464. The van der Waals surface area contributed by atoms with Crippen LogP contribution in [-0.2, 0) is 24.3 Å². The minimum atomic E-state index is -3.72. The molecule has 0 saturated heterocycles. The third kappa shape index (κ3) is 5.59. The maximum Gasteiger partial charge on any atom is 0.319 e. The molecular weight excluding hydrogens is 411 g/mol. The third-order valence-corrected chi connectivity index (χ3v) is 4.78. The molecular formula is C12H15IN2O5S. The van der Waals surface area contributed by atoms with Gasteiger partial charge in [0, 0.05) is 19.2 Å². The molecule has 2 N–H and O–H groups in total. The molecule has 21 heavy (non-hydrogen) atoms. The Labute approximate surface area is 136 Å². The molecule has 0 fully saturated rings. The minimum Gasteiger partial charge on any atom is -0.468 e. The van der Waals surface area contributed by atoms with Crippen molar-refractivity contribution in [1.29, 1.82) is 0 Å². The number of alkyl halides is 1. The summed E-state index contributed by atoms with van der Waals surface area (Å²) in [6.45, 7) is 1.29. The van der Waals surface area contributed by atoms with Crippen LogP contribution in [-0.4, -0.2) is 37.9 Å². The van der Waals surface area contributed by atoms with Crippen molar-refractivity contribution >= 4 is 50.2 Å². The van der Waals surface area contributed by atoms with Gasteiger partial charge in [-0.2, -0.15) is 0 Å². The molecule has 1 amide bonds. The molecule has 1 atom stereocenters. The van der Waals surface area contributed by atoms with Crippen LogP contribution < -0.4 is 10.0 Å². The van der Waals surface area contributed by atoms with Crippen LogP contribution in [0.3, 0.4) is 0 Å². The van der Waals surface area contributed by atoms with Crippen LogP contribution in [0.1, 0.15) is 6.92 Å². The quantitative estimate of drug-likeness (QED) is 0.400. The summed E-state index contributed by atoms with van der Waals surface area (Å²) in [6.07, 6.45) is 0. The Balaban J connectivity index is 2.74. The SMILES string of the molecule is COC(=O)C(I)CNS(=O)(=O)c1ccc(NC(C)=O)cc1. The van der Waals surface area contributed by atoms with Crippen LogP contribution in [0, 0.1) is 0 Å². The number of amides is 1. The Morgan fingerprint density at radius 2 is 1.86 bits per heavy atom. The van der Waals surface area contributed by atoms with Gasteiger partial charge in [0.05, 0.1) is 12.0 Å². The number of rotatable bonds is 6. The molecule has 0 saturated carbocycles. The fourth-order valence-corrected chi connectivity index (χ4v) is 3.22. The van der Waals surface area contributed by atoms with Crippen LogP contribution >= 0.6 is 22.6 Å². The van der Waals surface area contributed by atoms with Crippen LogP contribution in [0.4, 0.5) is 5.69 Å². The molecule has 0 aliphatic rings. The van der Waals surface area contributed by atoms with E-state index in [9.17, 15) is 18.0 Å². The lowest BCUT2D eigenvalue weighted by Gasteiger charge is -2.10. The predicted octanol–water partition coefficient (Wildman–Crippen LogP) is 0.900. The van der Waals surface area contributed by atoms with Crippen molar-refractivity contribution < 1.29 is 22.7 Å². The maximum absolute atomic E-state index is 12.0. The molecule has 1 aromatic rings. The van der Waals surface area contributed by atoms with E-state index in [1.807, 2.05) is 0 Å². The van der Waals surface area contributed by atoms with Crippen molar-refractivity contribution in [3.05, 3.63) is 24.3 Å². The van der Waals surface area contributed by atoms with Gasteiger partial charge in [0.2, 0.25) is 15.9 Å². The summed E-state index contributed by atoms with van der Waals surface area (Å²) in [4.78, 5) is 22.1. The molecule has 116 valence electrons. The van der Waals surface area contributed by atoms with E-state index in [0.717, 1.165) is 0 Å². The van der Waals surface area contributed by atoms with Gasteiger partial charge in [0.25, 0.3) is 0 Å². The lowest BCUT2D eigenvalue weighted by atomic mass is 10.3. The Bertz CT molecular complexity index is 615. The first-order valence-electron chi connectivity index (χ1n) is 5.85. The number of sulfonamides is 1. The van der Waals surface area contributed by atoms with E-state index >= 15 is 0 Å². The standard InChI is InChI=1S/C12H15IN2O5S/c1-8(16)15-9-3-5-10(6-4-9)21(18,19)14-7-11(13)12(17)20-2/h3-6,11,14H,7H2,1-2H3,(H,15,16). The molecule has 0 spiro atoms. The zero-order valence-corrected chi connectivity index (χ0v) is 14.4. The summed E-state index contributed by atoms with van der Waals surface area (Å²) in [7, 11) is -2.48. The lowest BCUT2D eigenvalue weighted by molar-refractivity contribution is -0.139. The lowest BCUT2D eigenvalue weighted by Crippen LogP contribution is -2.33. The Morgan fingerprint density at radius 1 is 1.29 bits per heavy atom. The van der Waals surface area contributed by atoms with Crippen molar-refractivity contribution in [3.8, 4) is 0 Å². The average Bonchev–Trinajstić information content (AvgIpc) is 2.44.